The van der Waals surface area contributed by atoms with Gasteiger partial charge in [0.2, 0.25) is 5.91 Å². The van der Waals surface area contributed by atoms with Gasteiger partial charge in [0.25, 0.3) is 0 Å². The van der Waals surface area contributed by atoms with Gasteiger partial charge in [0.1, 0.15) is 0 Å². The lowest BCUT2D eigenvalue weighted by atomic mass is 10.00. The highest BCUT2D eigenvalue weighted by Crippen LogP contribution is 2.28. The molecule has 1 atom stereocenters. The van der Waals surface area contributed by atoms with E-state index in [1.54, 1.807) is 0 Å². The molecule has 1 saturated heterocycles. The lowest BCUT2D eigenvalue weighted by Crippen LogP contribution is -2.38. The van der Waals surface area contributed by atoms with E-state index in [1.165, 1.54) is 12.8 Å². The van der Waals surface area contributed by atoms with E-state index in [9.17, 15) is 4.79 Å². The van der Waals surface area contributed by atoms with E-state index in [-0.39, 0.29) is 5.91 Å². The van der Waals surface area contributed by atoms with E-state index in [0.717, 1.165) is 32.5 Å². The molecular weight excluding hydrogens is 164 g/mol. The fraction of sp³-hybridized carbons (Fsp3) is 0.900. The molecule has 2 rings (SSSR count). The van der Waals surface area contributed by atoms with Crippen LogP contribution in [0.1, 0.15) is 25.7 Å². The zero-order valence-corrected chi connectivity index (χ0v) is 8.01. The molecule has 1 aliphatic heterocycles. The van der Waals surface area contributed by atoms with Gasteiger partial charge in [-0.2, -0.15) is 0 Å². The van der Waals surface area contributed by atoms with Crippen LogP contribution >= 0.6 is 0 Å². The first-order valence-electron chi connectivity index (χ1n) is 5.34. The summed E-state index contributed by atoms with van der Waals surface area (Å²) in [5.74, 6) is 1.30. The summed E-state index contributed by atoms with van der Waals surface area (Å²) in [5, 5.41) is 6.39. The van der Waals surface area contributed by atoms with Crippen molar-refractivity contribution < 1.29 is 4.79 Å². The van der Waals surface area contributed by atoms with Crippen molar-refractivity contribution in [3.8, 4) is 0 Å². The molecule has 1 saturated carbocycles. The summed E-state index contributed by atoms with van der Waals surface area (Å²) in [6.45, 7) is 3.10. The molecule has 0 spiro atoms. The van der Waals surface area contributed by atoms with Crippen LogP contribution in [-0.4, -0.2) is 25.5 Å². The van der Waals surface area contributed by atoms with Crippen molar-refractivity contribution >= 4 is 5.91 Å². The van der Waals surface area contributed by atoms with Gasteiger partial charge < -0.3 is 10.6 Å². The Hall–Kier alpha value is -0.570. The van der Waals surface area contributed by atoms with Crippen LogP contribution < -0.4 is 10.6 Å². The van der Waals surface area contributed by atoms with Crippen LogP contribution in [0.3, 0.4) is 0 Å². The number of carbonyl (C=O) groups excluding carboxylic acids is 1. The number of hydrogen-bond donors (Lipinski definition) is 2. The summed E-state index contributed by atoms with van der Waals surface area (Å²) in [4.78, 5) is 11.3. The van der Waals surface area contributed by atoms with Crippen molar-refractivity contribution in [1.82, 2.24) is 10.6 Å². The van der Waals surface area contributed by atoms with Gasteiger partial charge in [-0.3, -0.25) is 4.79 Å². The Morgan fingerprint density at radius 2 is 2.23 bits per heavy atom. The Morgan fingerprint density at radius 1 is 1.38 bits per heavy atom. The number of piperidine rings is 1. The quantitative estimate of drug-likeness (QED) is 0.668. The first-order valence-corrected chi connectivity index (χ1v) is 5.34. The Morgan fingerprint density at radius 3 is 2.85 bits per heavy atom. The second-order valence-corrected chi connectivity index (χ2v) is 4.23. The highest BCUT2D eigenvalue weighted by atomic mass is 16.2. The summed E-state index contributed by atoms with van der Waals surface area (Å²) in [6.07, 6.45) is 4.73. The lowest BCUT2D eigenvalue weighted by molar-refractivity contribution is -0.122. The lowest BCUT2D eigenvalue weighted by Gasteiger charge is -2.22. The Kier molecular flexibility index (Phi) is 2.83. The minimum Gasteiger partial charge on any atom is -0.356 e. The van der Waals surface area contributed by atoms with Crippen molar-refractivity contribution in [2.45, 2.75) is 25.7 Å². The molecule has 1 aliphatic carbocycles. The van der Waals surface area contributed by atoms with Gasteiger partial charge in [0.05, 0.1) is 0 Å². The minimum absolute atomic E-state index is 0.283. The minimum atomic E-state index is 0.283. The average molecular weight is 182 g/mol. The molecule has 0 bridgehead atoms. The fourth-order valence-electron chi connectivity index (χ4n) is 1.83. The molecular formula is C10H18N2O. The number of amides is 1. The molecule has 2 N–H and O–H groups in total. The summed E-state index contributed by atoms with van der Waals surface area (Å²) in [5.41, 5.74) is 0. The van der Waals surface area contributed by atoms with Crippen LogP contribution in [-0.2, 0) is 4.79 Å². The van der Waals surface area contributed by atoms with Crippen LogP contribution in [0, 0.1) is 11.8 Å². The second kappa shape index (κ2) is 4.09. The molecule has 3 nitrogen and oxygen atoms in total. The first kappa shape index (κ1) is 9.00. The molecule has 0 unspecified atom stereocenters. The van der Waals surface area contributed by atoms with Crippen molar-refractivity contribution in [3.63, 3.8) is 0 Å². The fourth-order valence-corrected chi connectivity index (χ4v) is 1.83. The largest absolute Gasteiger partial charge is 0.356 e. The van der Waals surface area contributed by atoms with Gasteiger partial charge in [-0.05, 0) is 44.7 Å². The Balaban J connectivity index is 1.62. The number of carbonyl (C=O) groups is 1. The summed E-state index contributed by atoms with van der Waals surface area (Å²) < 4.78 is 0. The maximum Gasteiger partial charge on any atom is 0.223 e. The van der Waals surface area contributed by atoms with Crippen molar-refractivity contribution in [3.05, 3.63) is 0 Å². The molecule has 74 valence electrons. The maximum atomic E-state index is 11.3. The van der Waals surface area contributed by atoms with Crippen molar-refractivity contribution in [2.24, 2.45) is 11.8 Å². The van der Waals surface area contributed by atoms with Crippen LogP contribution in [0.2, 0.25) is 0 Å². The van der Waals surface area contributed by atoms with Crippen LogP contribution in [0.15, 0.2) is 0 Å². The first-order chi connectivity index (χ1) is 6.36. The van der Waals surface area contributed by atoms with Crippen LogP contribution in [0.5, 0.6) is 0 Å². The van der Waals surface area contributed by atoms with Crippen molar-refractivity contribution in [1.29, 1.82) is 0 Å². The van der Waals surface area contributed by atoms with E-state index in [0.29, 0.717) is 11.8 Å². The van der Waals surface area contributed by atoms with Gasteiger partial charge >= 0.3 is 0 Å². The SMILES string of the molecule is O=C(NC[C@H]1CCCNC1)C1CC1. The standard InChI is InChI=1S/C10H18N2O/c13-10(9-3-4-9)12-7-8-2-1-5-11-6-8/h8-9,11H,1-7H2,(H,12,13)/t8-/m0/s1. The molecule has 0 radical (unpaired) electrons. The van der Waals surface area contributed by atoms with Crippen LogP contribution in [0.4, 0.5) is 0 Å². The molecule has 13 heavy (non-hydrogen) atoms. The molecule has 2 fully saturated rings. The van der Waals surface area contributed by atoms with E-state index >= 15 is 0 Å². The van der Waals surface area contributed by atoms with Gasteiger partial charge in [-0.15, -0.1) is 0 Å². The van der Waals surface area contributed by atoms with E-state index in [4.69, 9.17) is 0 Å². The summed E-state index contributed by atoms with van der Waals surface area (Å²) in [6, 6.07) is 0. The smallest absolute Gasteiger partial charge is 0.223 e. The second-order valence-electron chi connectivity index (χ2n) is 4.23. The molecule has 0 aromatic heterocycles. The number of nitrogens with one attached hydrogen (secondary N) is 2. The topological polar surface area (TPSA) is 41.1 Å². The zero-order valence-electron chi connectivity index (χ0n) is 8.01. The number of rotatable bonds is 3. The van der Waals surface area contributed by atoms with Gasteiger partial charge in [-0.25, -0.2) is 0 Å². The van der Waals surface area contributed by atoms with Gasteiger partial charge in [-0.1, -0.05) is 0 Å². The number of hydrogen-bond acceptors (Lipinski definition) is 2. The summed E-state index contributed by atoms with van der Waals surface area (Å²) >= 11 is 0. The molecule has 1 heterocycles. The normalized spacial score (nSPS) is 28.5. The third-order valence-electron chi connectivity index (χ3n) is 2.91. The Bertz CT molecular complexity index is 183. The highest BCUT2D eigenvalue weighted by Gasteiger charge is 2.29. The monoisotopic (exact) mass is 182 g/mol. The molecule has 2 aliphatic rings. The third kappa shape index (κ3) is 2.69. The average Bonchev–Trinajstić information content (AvgIpc) is 2.99. The third-order valence-corrected chi connectivity index (χ3v) is 2.91. The van der Waals surface area contributed by atoms with Gasteiger partial charge in [0, 0.05) is 12.5 Å². The zero-order chi connectivity index (χ0) is 9.10. The highest BCUT2D eigenvalue weighted by molar-refractivity contribution is 5.80. The Labute approximate surface area is 79.3 Å². The van der Waals surface area contributed by atoms with E-state index in [2.05, 4.69) is 10.6 Å². The molecule has 0 aromatic rings. The van der Waals surface area contributed by atoms with Gasteiger partial charge in [0.15, 0.2) is 0 Å². The molecule has 1 amide bonds. The van der Waals surface area contributed by atoms with E-state index in [1.807, 2.05) is 0 Å². The predicted molar refractivity (Wildman–Crippen MR) is 51.3 cm³/mol. The maximum absolute atomic E-state index is 11.3. The molecule has 0 aromatic carbocycles. The van der Waals surface area contributed by atoms with E-state index < -0.39 is 0 Å². The predicted octanol–water partition coefficient (Wildman–Crippen LogP) is 0.512. The summed E-state index contributed by atoms with van der Waals surface area (Å²) in [7, 11) is 0. The van der Waals surface area contributed by atoms with Crippen molar-refractivity contribution in [2.75, 3.05) is 19.6 Å². The van der Waals surface area contributed by atoms with Crippen LogP contribution in [0.25, 0.3) is 0 Å². The molecule has 3 heteroatoms.